The lowest BCUT2D eigenvalue weighted by Crippen LogP contribution is -2.35. The molecule has 21 heavy (non-hydrogen) atoms. The van der Waals surface area contributed by atoms with Crippen LogP contribution in [0.5, 0.6) is 5.75 Å². The quantitative estimate of drug-likeness (QED) is 0.844. The predicted molar refractivity (Wildman–Crippen MR) is 85.9 cm³/mol. The Balaban J connectivity index is 1.80. The van der Waals surface area contributed by atoms with E-state index in [0.29, 0.717) is 17.8 Å². The number of para-hydroxylation sites is 1. The van der Waals surface area contributed by atoms with Crippen molar-refractivity contribution < 1.29 is 5.11 Å². The van der Waals surface area contributed by atoms with Crippen LogP contribution in [0.3, 0.4) is 0 Å². The number of phenolic OH excluding ortho intramolecular Hbond substituents is 1. The average molecular weight is 279 g/mol. The molecule has 0 radical (unpaired) electrons. The highest BCUT2D eigenvalue weighted by atomic mass is 16.3. The first-order valence-corrected chi connectivity index (χ1v) is 7.92. The van der Waals surface area contributed by atoms with E-state index in [4.69, 9.17) is 0 Å². The molecule has 1 aliphatic carbocycles. The number of hydrogen-bond donors (Lipinski definition) is 1. The van der Waals surface area contributed by atoms with Gasteiger partial charge in [0.15, 0.2) is 0 Å². The van der Waals surface area contributed by atoms with Crippen LogP contribution in [-0.4, -0.2) is 11.1 Å². The summed E-state index contributed by atoms with van der Waals surface area (Å²) in [4.78, 5) is 2.58. The van der Waals surface area contributed by atoms with Crippen molar-refractivity contribution in [3.05, 3.63) is 59.2 Å². The molecule has 0 saturated heterocycles. The number of aryl methyl sites for hydroxylation is 1. The Morgan fingerprint density at radius 1 is 1.10 bits per heavy atom. The lowest BCUT2D eigenvalue weighted by atomic mass is 9.86. The van der Waals surface area contributed by atoms with Crippen LogP contribution < -0.4 is 4.90 Å². The van der Waals surface area contributed by atoms with Crippen molar-refractivity contribution in [3.63, 3.8) is 0 Å². The van der Waals surface area contributed by atoms with E-state index in [0.717, 1.165) is 12.8 Å². The first-order valence-electron chi connectivity index (χ1n) is 7.92. The van der Waals surface area contributed by atoms with Crippen molar-refractivity contribution in [2.45, 2.75) is 44.7 Å². The molecule has 0 bridgehead atoms. The van der Waals surface area contributed by atoms with Gasteiger partial charge in [-0.15, -0.1) is 0 Å². The molecule has 0 fully saturated rings. The van der Waals surface area contributed by atoms with Crippen molar-refractivity contribution in [2.24, 2.45) is 0 Å². The van der Waals surface area contributed by atoms with Gasteiger partial charge in [0, 0.05) is 11.7 Å². The van der Waals surface area contributed by atoms with Gasteiger partial charge in [0.1, 0.15) is 5.75 Å². The molecule has 2 aliphatic rings. The van der Waals surface area contributed by atoms with E-state index in [1.807, 2.05) is 12.1 Å². The second kappa shape index (κ2) is 4.80. The number of hydrogen-bond acceptors (Lipinski definition) is 2. The smallest absolute Gasteiger partial charge is 0.115 e. The van der Waals surface area contributed by atoms with Crippen molar-refractivity contribution >= 4 is 5.69 Å². The van der Waals surface area contributed by atoms with E-state index >= 15 is 0 Å². The third kappa shape index (κ3) is 2.01. The van der Waals surface area contributed by atoms with Gasteiger partial charge in [-0.05, 0) is 67.5 Å². The molecule has 0 spiro atoms. The van der Waals surface area contributed by atoms with Gasteiger partial charge < -0.3 is 10.0 Å². The van der Waals surface area contributed by atoms with Gasteiger partial charge in [-0.25, -0.2) is 0 Å². The summed E-state index contributed by atoms with van der Waals surface area (Å²) in [6.45, 7) is 2.32. The molecule has 2 heteroatoms. The van der Waals surface area contributed by atoms with E-state index < -0.39 is 0 Å². The van der Waals surface area contributed by atoms with Crippen LogP contribution in [0.1, 0.15) is 42.5 Å². The van der Waals surface area contributed by atoms with Crippen LogP contribution in [0.4, 0.5) is 5.69 Å². The van der Waals surface area contributed by atoms with Crippen molar-refractivity contribution in [2.75, 3.05) is 4.90 Å². The Hall–Kier alpha value is -1.96. The second-order valence-corrected chi connectivity index (χ2v) is 6.38. The number of anilines is 1. The largest absolute Gasteiger partial charge is 0.508 e. The molecule has 0 aromatic heterocycles. The maximum Gasteiger partial charge on any atom is 0.115 e. The van der Waals surface area contributed by atoms with Crippen LogP contribution in [-0.2, 0) is 12.8 Å². The number of phenols is 1. The molecular formula is C19H21NO. The number of aromatic hydroxyl groups is 1. The summed E-state index contributed by atoms with van der Waals surface area (Å²) in [6, 6.07) is 15.6. The first kappa shape index (κ1) is 12.8. The Kier molecular flexibility index (Phi) is 2.91. The zero-order valence-electron chi connectivity index (χ0n) is 12.4. The third-order valence-electron chi connectivity index (χ3n) is 5.01. The molecule has 4 rings (SSSR count). The molecule has 1 aliphatic heterocycles. The fourth-order valence-corrected chi connectivity index (χ4v) is 4.11. The third-order valence-corrected chi connectivity index (χ3v) is 5.01. The summed E-state index contributed by atoms with van der Waals surface area (Å²) in [7, 11) is 0. The molecule has 1 N–H and O–H groups in total. The molecule has 2 aromatic carbocycles. The molecule has 108 valence electrons. The van der Waals surface area contributed by atoms with Gasteiger partial charge >= 0.3 is 0 Å². The minimum Gasteiger partial charge on any atom is -0.508 e. The molecule has 1 heterocycles. The highest BCUT2D eigenvalue weighted by Gasteiger charge is 2.34. The van der Waals surface area contributed by atoms with E-state index in [2.05, 4.69) is 42.2 Å². The SMILES string of the molecule is CC1Cc2ccccc2N1C1CCCc2ccc(O)cc21. The summed E-state index contributed by atoms with van der Waals surface area (Å²) >= 11 is 0. The van der Waals surface area contributed by atoms with Gasteiger partial charge in [-0.2, -0.15) is 0 Å². The normalized spacial score (nSPS) is 23.8. The maximum absolute atomic E-state index is 9.89. The Morgan fingerprint density at radius 3 is 2.86 bits per heavy atom. The van der Waals surface area contributed by atoms with Gasteiger partial charge in [0.25, 0.3) is 0 Å². The Labute approximate surface area is 126 Å². The minimum atomic E-state index is 0.390. The lowest BCUT2D eigenvalue weighted by molar-refractivity contribution is 0.462. The molecule has 2 atom stereocenters. The fraction of sp³-hybridized carbons (Fsp3) is 0.368. The van der Waals surface area contributed by atoms with Gasteiger partial charge in [-0.3, -0.25) is 0 Å². The van der Waals surface area contributed by atoms with E-state index in [-0.39, 0.29) is 0 Å². The van der Waals surface area contributed by atoms with Crippen LogP contribution in [0, 0.1) is 0 Å². The van der Waals surface area contributed by atoms with Crippen LogP contribution >= 0.6 is 0 Å². The number of rotatable bonds is 1. The van der Waals surface area contributed by atoms with E-state index in [9.17, 15) is 5.11 Å². The molecule has 2 aromatic rings. The zero-order chi connectivity index (χ0) is 14.4. The Bertz CT molecular complexity index is 679. The lowest BCUT2D eigenvalue weighted by Gasteiger charge is -2.38. The molecule has 0 amide bonds. The molecule has 2 unspecified atom stereocenters. The summed E-state index contributed by atoms with van der Waals surface area (Å²) in [5.74, 6) is 0.390. The monoisotopic (exact) mass is 279 g/mol. The minimum absolute atomic E-state index is 0.390. The van der Waals surface area contributed by atoms with E-state index in [1.54, 1.807) is 0 Å². The molecular weight excluding hydrogens is 258 g/mol. The topological polar surface area (TPSA) is 23.5 Å². The number of fused-ring (bicyclic) bond motifs is 2. The van der Waals surface area contributed by atoms with Crippen LogP contribution in [0.25, 0.3) is 0 Å². The van der Waals surface area contributed by atoms with Crippen LogP contribution in [0.15, 0.2) is 42.5 Å². The van der Waals surface area contributed by atoms with Gasteiger partial charge in [0.2, 0.25) is 0 Å². The van der Waals surface area contributed by atoms with Crippen molar-refractivity contribution in [1.29, 1.82) is 0 Å². The first-order chi connectivity index (χ1) is 10.2. The second-order valence-electron chi connectivity index (χ2n) is 6.38. The Morgan fingerprint density at radius 2 is 1.95 bits per heavy atom. The van der Waals surface area contributed by atoms with E-state index in [1.165, 1.54) is 35.2 Å². The maximum atomic E-state index is 9.89. The zero-order valence-corrected chi connectivity index (χ0v) is 12.4. The predicted octanol–water partition coefficient (Wildman–Crippen LogP) is 4.22. The summed E-state index contributed by atoms with van der Waals surface area (Å²) in [6.07, 6.45) is 4.67. The molecule has 0 saturated carbocycles. The number of benzene rings is 2. The highest BCUT2D eigenvalue weighted by molar-refractivity contribution is 5.61. The number of nitrogens with zero attached hydrogens (tertiary/aromatic N) is 1. The average Bonchev–Trinajstić information content (AvgIpc) is 2.82. The fourth-order valence-electron chi connectivity index (χ4n) is 4.11. The van der Waals surface area contributed by atoms with Gasteiger partial charge in [-0.1, -0.05) is 24.3 Å². The summed E-state index contributed by atoms with van der Waals surface area (Å²) in [5.41, 5.74) is 5.56. The van der Waals surface area contributed by atoms with Crippen molar-refractivity contribution in [1.82, 2.24) is 0 Å². The molecule has 2 nitrogen and oxygen atoms in total. The standard InChI is InChI=1S/C19H21NO/c1-13-11-15-5-2-3-7-18(15)20(13)19-8-4-6-14-9-10-16(21)12-17(14)19/h2-3,5,7,9-10,12-13,19,21H,4,6,8,11H2,1H3. The van der Waals surface area contributed by atoms with Crippen LogP contribution in [0.2, 0.25) is 0 Å². The summed E-state index contributed by atoms with van der Waals surface area (Å²) < 4.78 is 0. The highest BCUT2D eigenvalue weighted by Crippen LogP contribution is 2.44. The van der Waals surface area contributed by atoms with Crippen molar-refractivity contribution in [3.8, 4) is 5.75 Å². The summed E-state index contributed by atoms with van der Waals surface area (Å²) in [5, 5.41) is 9.89. The van der Waals surface area contributed by atoms with Gasteiger partial charge in [0.05, 0.1) is 6.04 Å².